The fourth-order valence-corrected chi connectivity index (χ4v) is 2.63. The van der Waals surface area contributed by atoms with Crippen molar-refractivity contribution in [2.45, 2.75) is 13.3 Å². The molecule has 5 nitrogen and oxygen atoms in total. The second-order valence-corrected chi connectivity index (χ2v) is 4.86. The molecule has 0 unspecified atom stereocenters. The second kappa shape index (κ2) is 5.81. The van der Waals surface area contributed by atoms with Gasteiger partial charge in [0.2, 0.25) is 0 Å². The first kappa shape index (κ1) is 14.0. The third kappa shape index (κ3) is 2.37. The van der Waals surface area contributed by atoms with Crippen molar-refractivity contribution in [1.82, 2.24) is 15.0 Å². The third-order valence-corrected chi connectivity index (χ3v) is 3.61. The number of carbonyl (C=O) groups is 1. The number of aromatic amines is 1. The smallest absolute Gasteiger partial charge is 0.338 e. The van der Waals surface area contributed by atoms with Crippen molar-refractivity contribution >= 4 is 5.97 Å². The van der Waals surface area contributed by atoms with Crippen LogP contribution in [-0.2, 0) is 6.42 Å². The molecule has 0 amide bonds. The Balaban J connectivity index is 2.27. The highest BCUT2D eigenvalue weighted by molar-refractivity contribution is 5.99. The number of nitrogens with one attached hydrogen (secondary N) is 1. The topological polar surface area (TPSA) is 78.9 Å². The SMILES string of the molecule is CCc1c(-c2ccncc2)[nH]c(-c2ccncc2)c1C(=O)O. The van der Waals surface area contributed by atoms with Crippen LogP contribution in [-0.4, -0.2) is 26.0 Å². The largest absolute Gasteiger partial charge is 0.478 e. The molecule has 2 N–H and O–H groups in total. The Kier molecular flexibility index (Phi) is 3.70. The van der Waals surface area contributed by atoms with E-state index in [-0.39, 0.29) is 0 Å². The summed E-state index contributed by atoms with van der Waals surface area (Å²) in [5, 5.41) is 9.65. The molecule has 3 heterocycles. The minimum absolute atomic E-state index is 0.320. The number of carboxylic acid groups (broad SMARTS) is 1. The lowest BCUT2D eigenvalue weighted by molar-refractivity contribution is 0.0697. The lowest BCUT2D eigenvalue weighted by Crippen LogP contribution is -2.01. The minimum Gasteiger partial charge on any atom is -0.478 e. The molecule has 0 radical (unpaired) electrons. The minimum atomic E-state index is -0.930. The van der Waals surface area contributed by atoms with E-state index in [2.05, 4.69) is 15.0 Å². The van der Waals surface area contributed by atoms with Gasteiger partial charge in [-0.2, -0.15) is 0 Å². The van der Waals surface area contributed by atoms with Crippen molar-refractivity contribution in [2.75, 3.05) is 0 Å². The number of hydrogen-bond donors (Lipinski definition) is 2. The van der Waals surface area contributed by atoms with Gasteiger partial charge in [-0.1, -0.05) is 6.92 Å². The number of hydrogen-bond acceptors (Lipinski definition) is 3. The van der Waals surface area contributed by atoms with Gasteiger partial charge in [0.15, 0.2) is 0 Å². The summed E-state index contributed by atoms with van der Waals surface area (Å²) in [6.45, 7) is 1.95. The van der Waals surface area contributed by atoms with Crippen LogP contribution in [0.4, 0.5) is 0 Å². The van der Waals surface area contributed by atoms with E-state index in [4.69, 9.17) is 0 Å². The van der Waals surface area contributed by atoms with Crippen LogP contribution in [0.1, 0.15) is 22.8 Å². The van der Waals surface area contributed by atoms with Crippen molar-refractivity contribution < 1.29 is 9.90 Å². The molecule has 5 heteroatoms. The molecule has 0 atom stereocenters. The first-order valence-corrected chi connectivity index (χ1v) is 7.01. The molecule has 0 aliphatic rings. The first-order chi connectivity index (χ1) is 10.7. The van der Waals surface area contributed by atoms with Gasteiger partial charge in [-0.25, -0.2) is 4.79 Å². The first-order valence-electron chi connectivity index (χ1n) is 7.01. The summed E-state index contributed by atoms with van der Waals surface area (Å²) in [6, 6.07) is 7.34. The Morgan fingerprint density at radius 3 is 1.95 bits per heavy atom. The number of aromatic carboxylic acids is 1. The average molecular weight is 293 g/mol. The van der Waals surface area contributed by atoms with Crippen molar-refractivity contribution in [3.63, 3.8) is 0 Å². The van der Waals surface area contributed by atoms with Crippen LogP contribution in [0, 0.1) is 0 Å². The zero-order valence-electron chi connectivity index (χ0n) is 12.1. The van der Waals surface area contributed by atoms with E-state index in [0.717, 1.165) is 22.4 Å². The summed E-state index contributed by atoms with van der Waals surface area (Å²) in [5.74, 6) is -0.930. The normalized spacial score (nSPS) is 10.6. The van der Waals surface area contributed by atoms with E-state index >= 15 is 0 Å². The van der Waals surface area contributed by atoms with Gasteiger partial charge in [-0.3, -0.25) is 9.97 Å². The van der Waals surface area contributed by atoms with Crippen molar-refractivity contribution in [1.29, 1.82) is 0 Å². The zero-order valence-corrected chi connectivity index (χ0v) is 12.1. The molecular weight excluding hydrogens is 278 g/mol. The lowest BCUT2D eigenvalue weighted by Gasteiger charge is -2.02. The molecular formula is C17H15N3O2. The van der Waals surface area contributed by atoms with Crippen LogP contribution < -0.4 is 0 Å². The maximum absolute atomic E-state index is 11.8. The molecule has 3 aromatic heterocycles. The van der Waals surface area contributed by atoms with Crippen molar-refractivity contribution in [2.24, 2.45) is 0 Å². The highest BCUT2D eigenvalue weighted by Crippen LogP contribution is 2.33. The highest BCUT2D eigenvalue weighted by Gasteiger charge is 2.23. The van der Waals surface area contributed by atoms with E-state index in [1.165, 1.54) is 0 Å². The molecule has 0 saturated carbocycles. The highest BCUT2D eigenvalue weighted by atomic mass is 16.4. The summed E-state index contributed by atoms with van der Waals surface area (Å²) >= 11 is 0. The Labute approximate surface area is 127 Å². The third-order valence-electron chi connectivity index (χ3n) is 3.61. The second-order valence-electron chi connectivity index (χ2n) is 4.86. The van der Waals surface area contributed by atoms with Crippen LogP contribution in [0.15, 0.2) is 49.1 Å². The van der Waals surface area contributed by atoms with E-state index in [1.807, 2.05) is 19.1 Å². The maximum atomic E-state index is 11.8. The van der Waals surface area contributed by atoms with Gasteiger partial charge in [-0.15, -0.1) is 0 Å². The predicted molar refractivity (Wildman–Crippen MR) is 83.6 cm³/mol. The number of rotatable bonds is 4. The molecule has 110 valence electrons. The number of pyridine rings is 2. The summed E-state index contributed by atoms with van der Waals surface area (Å²) in [7, 11) is 0. The summed E-state index contributed by atoms with van der Waals surface area (Å²) in [6.07, 6.45) is 7.32. The van der Waals surface area contributed by atoms with Gasteiger partial charge in [0.05, 0.1) is 17.0 Å². The number of carboxylic acids is 1. The lowest BCUT2D eigenvalue weighted by atomic mass is 10.0. The van der Waals surface area contributed by atoms with E-state index in [9.17, 15) is 9.90 Å². The molecule has 22 heavy (non-hydrogen) atoms. The standard InChI is InChI=1S/C17H15N3O2/c1-2-13-14(17(21)22)16(12-5-9-19-10-6-12)20-15(13)11-3-7-18-8-4-11/h3-10,20H,2H2,1H3,(H,21,22). The van der Waals surface area contributed by atoms with Gasteiger partial charge in [0.1, 0.15) is 0 Å². The molecule has 3 aromatic rings. The Bertz CT molecular complexity index is 796. The van der Waals surface area contributed by atoms with Crippen LogP contribution in [0.3, 0.4) is 0 Å². The van der Waals surface area contributed by atoms with E-state index in [0.29, 0.717) is 17.7 Å². The zero-order chi connectivity index (χ0) is 15.5. The predicted octanol–water partition coefficient (Wildman–Crippen LogP) is 3.40. The quantitative estimate of drug-likeness (QED) is 0.772. The molecule has 0 aromatic carbocycles. The van der Waals surface area contributed by atoms with Crippen LogP contribution >= 0.6 is 0 Å². The van der Waals surface area contributed by atoms with Crippen LogP contribution in [0.2, 0.25) is 0 Å². The fourth-order valence-electron chi connectivity index (χ4n) is 2.63. The Hall–Kier alpha value is -2.95. The number of aromatic nitrogens is 3. The molecule has 0 saturated heterocycles. The van der Waals surface area contributed by atoms with E-state index in [1.54, 1.807) is 36.9 Å². The molecule has 0 aliphatic heterocycles. The maximum Gasteiger partial charge on any atom is 0.338 e. The van der Waals surface area contributed by atoms with Crippen molar-refractivity contribution in [3.05, 3.63) is 60.2 Å². The average Bonchev–Trinajstić information content (AvgIpc) is 2.96. The van der Waals surface area contributed by atoms with Crippen LogP contribution in [0.5, 0.6) is 0 Å². The van der Waals surface area contributed by atoms with Gasteiger partial charge in [0.25, 0.3) is 0 Å². The molecule has 0 aliphatic carbocycles. The Morgan fingerprint density at radius 2 is 1.50 bits per heavy atom. The summed E-state index contributed by atoms with van der Waals surface area (Å²) < 4.78 is 0. The molecule has 0 bridgehead atoms. The molecule has 0 fully saturated rings. The van der Waals surface area contributed by atoms with Gasteiger partial charge < -0.3 is 10.1 Å². The molecule has 3 rings (SSSR count). The van der Waals surface area contributed by atoms with Gasteiger partial charge in [-0.05, 0) is 36.2 Å². The van der Waals surface area contributed by atoms with Crippen molar-refractivity contribution in [3.8, 4) is 22.5 Å². The van der Waals surface area contributed by atoms with Gasteiger partial charge in [0, 0.05) is 35.9 Å². The summed E-state index contributed by atoms with van der Waals surface area (Å²) in [5.41, 5.74) is 4.29. The van der Waals surface area contributed by atoms with E-state index < -0.39 is 5.97 Å². The van der Waals surface area contributed by atoms with Crippen LogP contribution in [0.25, 0.3) is 22.5 Å². The Morgan fingerprint density at radius 1 is 1.00 bits per heavy atom. The number of nitrogens with zero attached hydrogens (tertiary/aromatic N) is 2. The number of H-pyrrole nitrogens is 1. The summed E-state index contributed by atoms with van der Waals surface area (Å²) in [4.78, 5) is 23.0. The monoisotopic (exact) mass is 293 g/mol. The fraction of sp³-hybridized carbons (Fsp3) is 0.118. The van der Waals surface area contributed by atoms with Gasteiger partial charge >= 0.3 is 5.97 Å². The molecule has 0 spiro atoms.